The number of hydrogen-bond donors (Lipinski definition) is 0. The van der Waals surface area contributed by atoms with Gasteiger partial charge in [0.15, 0.2) is 0 Å². The Bertz CT molecular complexity index is 3790. The summed E-state index contributed by atoms with van der Waals surface area (Å²) in [6, 6.07) is 69.4. The predicted molar refractivity (Wildman–Crippen MR) is 277 cm³/mol. The van der Waals surface area contributed by atoms with Crippen LogP contribution in [0.25, 0.3) is 88.7 Å². The first-order valence-corrected chi connectivity index (χ1v) is 21.7. The zero-order chi connectivity index (χ0) is 50.3. The van der Waals surface area contributed by atoms with Gasteiger partial charge in [-0.2, -0.15) is 0 Å². The Morgan fingerprint density at radius 3 is 1.23 bits per heavy atom. The summed E-state index contributed by atoms with van der Waals surface area (Å²) in [6.07, 6.45) is 0. The molecule has 0 saturated heterocycles. The summed E-state index contributed by atoms with van der Waals surface area (Å²) in [6.45, 7) is 0. The number of nitrogens with zero attached hydrogens (tertiary/aromatic N) is 1. The summed E-state index contributed by atoms with van der Waals surface area (Å²) in [7, 11) is 0. The Labute approximate surface area is 393 Å². The summed E-state index contributed by atoms with van der Waals surface area (Å²) >= 11 is 0. The van der Waals surface area contributed by atoms with Gasteiger partial charge in [-0.15, -0.1) is 0 Å². The van der Waals surface area contributed by atoms with Crippen molar-refractivity contribution in [2.24, 2.45) is 0 Å². The molecule has 0 aromatic heterocycles. The molecule has 0 heterocycles. The lowest BCUT2D eigenvalue weighted by Crippen LogP contribution is -2.09. The van der Waals surface area contributed by atoms with Gasteiger partial charge in [0, 0.05) is 17.1 Å². The largest absolute Gasteiger partial charge is 0.311 e. The second kappa shape index (κ2) is 17.7. The molecular formula is C64H45N. The Morgan fingerprint density at radius 2 is 0.662 bits per heavy atom. The van der Waals surface area contributed by atoms with Crippen molar-refractivity contribution in [2.45, 2.75) is 0 Å². The molecule has 11 aromatic rings. The normalized spacial score (nSPS) is 12.8. The van der Waals surface area contributed by atoms with Crippen LogP contribution >= 0.6 is 0 Å². The molecule has 0 unspecified atom stereocenters. The molecule has 1 nitrogen and oxygen atoms in total. The third-order valence-corrected chi connectivity index (χ3v) is 11.9. The Hall–Kier alpha value is -8.52. The van der Waals surface area contributed by atoms with Crippen LogP contribution in [0.4, 0.5) is 17.1 Å². The van der Waals surface area contributed by atoms with Crippen molar-refractivity contribution < 1.29 is 11.0 Å². The zero-order valence-corrected chi connectivity index (χ0v) is 35.3. The van der Waals surface area contributed by atoms with Crippen molar-refractivity contribution in [1.29, 1.82) is 0 Å². The van der Waals surface area contributed by atoms with Crippen LogP contribution in [0.5, 0.6) is 0 Å². The molecule has 11 aromatic carbocycles. The van der Waals surface area contributed by atoms with Crippen LogP contribution < -0.4 is 4.90 Å². The molecule has 1 heteroatoms. The van der Waals surface area contributed by atoms with Gasteiger partial charge in [-0.3, -0.25) is 0 Å². The molecule has 0 aliphatic carbocycles. The molecule has 11 rings (SSSR count). The first kappa shape index (κ1) is 31.3. The maximum atomic E-state index is 9.83. The Kier molecular flexibility index (Phi) is 8.53. The zero-order valence-electron chi connectivity index (χ0n) is 43.3. The summed E-state index contributed by atoms with van der Waals surface area (Å²) < 4.78 is 78.1. The van der Waals surface area contributed by atoms with E-state index in [0.29, 0.717) is 16.8 Å². The number of rotatable bonds is 10. The van der Waals surface area contributed by atoms with Crippen molar-refractivity contribution in [3.05, 3.63) is 273 Å². The highest BCUT2D eigenvalue weighted by atomic mass is 15.1. The molecule has 65 heavy (non-hydrogen) atoms. The van der Waals surface area contributed by atoms with Gasteiger partial charge in [0.1, 0.15) is 0 Å². The number of fused-ring (bicyclic) bond motifs is 1. The maximum absolute atomic E-state index is 9.83. The SMILES string of the molecule is [2H]c1c([2H])c(N(c2ccc(-c3ccc(-c4ccccc4)cc3)cc2)c2c([2H])c([2H])c(-c3ccc4ccccc4c3-c3ccccc3)c([2H])c2[2H])c([2H])c([2H])c1-c1ccc(-c2ccccc2)c(-c2ccccc2)c1. The van der Waals surface area contributed by atoms with Gasteiger partial charge in [0.2, 0.25) is 0 Å². The van der Waals surface area contributed by atoms with Crippen molar-refractivity contribution in [2.75, 3.05) is 4.90 Å². The van der Waals surface area contributed by atoms with E-state index in [2.05, 4.69) is 24.3 Å². The highest BCUT2D eigenvalue weighted by Crippen LogP contribution is 2.42. The summed E-state index contributed by atoms with van der Waals surface area (Å²) in [5.74, 6) is 0. The first-order valence-electron chi connectivity index (χ1n) is 25.7. The van der Waals surface area contributed by atoms with E-state index in [1.165, 1.54) is 4.90 Å². The smallest absolute Gasteiger partial charge is 0.0645 e. The lowest BCUT2D eigenvalue weighted by molar-refractivity contribution is 1.28. The van der Waals surface area contributed by atoms with Gasteiger partial charge >= 0.3 is 0 Å². The van der Waals surface area contributed by atoms with Gasteiger partial charge in [0.25, 0.3) is 0 Å². The van der Waals surface area contributed by atoms with E-state index >= 15 is 0 Å². The van der Waals surface area contributed by atoms with E-state index in [1.54, 1.807) is 12.1 Å². The molecule has 0 spiro atoms. The van der Waals surface area contributed by atoms with Crippen LogP contribution in [0.2, 0.25) is 0 Å². The van der Waals surface area contributed by atoms with E-state index < -0.39 is 24.2 Å². The van der Waals surface area contributed by atoms with Crippen LogP contribution in [0.15, 0.2) is 273 Å². The molecule has 0 radical (unpaired) electrons. The topological polar surface area (TPSA) is 3.24 Å². The van der Waals surface area contributed by atoms with Crippen molar-refractivity contribution in [3.8, 4) is 77.9 Å². The monoisotopic (exact) mass is 835 g/mol. The Balaban J connectivity index is 1.10. The van der Waals surface area contributed by atoms with E-state index in [1.807, 2.05) is 188 Å². The predicted octanol–water partition coefficient (Wildman–Crippen LogP) is 18.0. The van der Waals surface area contributed by atoms with E-state index in [-0.39, 0.29) is 46.7 Å². The molecule has 0 amide bonds. The minimum absolute atomic E-state index is 0.0874. The number of anilines is 3. The summed E-state index contributed by atoms with van der Waals surface area (Å²) in [5, 5.41) is 1.84. The van der Waals surface area contributed by atoms with Crippen molar-refractivity contribution >= 4 is 27.8 Å². The molecule has 0 aliphatic rings. The van der Waals surface area contributed by atoms with Crippen molar-refractivity contribution in [3.63, 3.8) is 0 Å². The minimum Gasteiger partial charge on any atom is -0.311 e. The molecule has 0 N–H and O–H groups in total. The molecule has 306 valence electrons. The summed E-state index contributed by atoms with van der Waals surface area (Å²) in [4.78, 5) is 1.36. The van der Waals surface area contributed by atoms with Gasteiger partial charge in [-0.25, -0.2) is 0 Å². The fourth-order valence-corrected chi connectivity index (χ4v) is 8.59. The third-order valence-electron chi connectivity index (χ3n) is 11.9. The van der Waals surface area contributed by atoms with Gasteiger partial charge in [-0.1, -0.05) is 230 Å². The molecule has 0 fully saturated rings. The van der Waals surface area contributed by atoms with E-state index in [4.69, 9.17) is 0 Å². The van der Waals surface area contributed by atoms with Gasteiger partial charge < -0.3 is 4.90 Å². The second-order valence-corrected chi connectivity index (χ2v) is 15.8. The Morgan fingerprint density at radius 1 is 0.246 bits per heavy atom. The fourth-order valence-electron chi connectivity index (χ4n) is 8.59. The second-order valence-electron chi connectivity index (χ2n) is 15.8. The van der Waals surface area contributed by atoms with E-state index in [9.17, 15) is 11.0 Å². The van der Waals surface area contributed by atoms with Gasteiger partial charge in [0.05, 0.1) is 11.0 Å². The molecule has 0 aliphatic heterocycles. The summed E-state index contributed by atoms with van der Waals surface area (Å²) in [5.41, 5.74) is 10.3. The quantitative estimate of drug-likeness (QED) is 0.133. The average Bonchev–Trinajstić information content (AvgIpc) is 3.45. The average molecular weight is 836 g/mol. The number of benzene rings is 11. The van der Waals surface area contributed by atoms with Crippen LogP contribution in [-0.2, 0) is 0 Å². The van der Waals surface area contributed by atoms with Crippen LogP contribution in [-0.4, -0.2) is 0 Å². The van der Waals surface area contributed by atoms with Crippen molar-refractivity contribution in [1.82, 2.24) is 0 Å². The highest BCUT2D eigenvalue weighted by Gasteiger charge is 2.17. The molecule has 0 bridgehead atoms. The molecule has 0 saturated carbocycles. The maximum Gasteiger partial charge on any atom is 0.0645 e. The highest BCUT2D eigenvalue weighted by molar-refractivity contribution is 6.04. The lowest BCUT2D eigenvalue weighted by Gasteiger charge is -2.26. The minimum atomic E-state index is -0.410. The van der Waals surface area contributed by atoms with Crippen LogP contribution in [0.1, 0.15) is 11.0 Å². The van der Waals surface area contributed by atoms with E-state index in [0.717, 1.165) is 66.4 Å². The van der Waals surface area contributed by atoms with Gasteiger partial charge in [-0.05, 0) is 131 Å². The fraction of sp³-hybridized carbons (Fsp3) is 0. The lowest BCUT2D eigenvalue weighted by atomic mass is 9.90. The molecular weight excluding hydrogens is 783 g/mol. The van der Waals surface area contributed by atoms with Crippen LogP contribution in [0, 0.1) is 0 Å². The molecule has 0 atom stereocenters. The first-order chi connectivity index (χ1) is 35.6. The van der Waals surface area contributed by atoms with Crippen LogP contribution in [0.3, 0.4) is 0 Å². The number of hydrogen-bond acceptors (Lipinski definition) is 1. The standard InChI is InChI=1S/C64H45N/c1-5-15-46(16-6-1)47-25-27-48(28-26-47)49-29-37-57(38-30-49)65(59-41-33-54(34-42-59)62-44-35-53-21-13-14-24-61(53)64(62)55-22-11-4-12-23-55)58-39-31-50(32-40-58)56-36-43-60(51-17-7-2-8-18-51)63(45-56)52-19-9-3-10-20-52/h1-45H/i31D,32D,33D,34D,39D,40D,41D,42D. The third kappa shape index (κ3) is 8.04.